The molecule has 3 aromatic rings. The van der Waals surface area contributed by atoms with Gasteiger partial charge in [0.05, 0.1) is 19.0 Å². The molecule has 4 rings (SSSR count). The van der Waals surface area contributed by atoms with E-state index < -0.39 is 0 Å². The average molecular weight is 278 g/mol. The number of para-hydroxylation sites is 1. The molecule has 1 aliphatic rings. The van der Waals surface area contributed by atoms with E-state index in [2.05, 4.69) is 10.2 Å². The number of nitrogens with zero attached hydrogens (tertiary/aromatic N) is 1. The zero-order valence-corrected chi connectivity index (χ0v) is 11.5. The summed E-state index contributed by atoms with van der Waals surface area (Å²) in [5, 5.41) is 7.26. The first-order valence-electron chi connectivity index (χ1n) is 6.80. The van der Waals surface area contributed by atoms with E-state index in [1.807, 2.05) is 54.7 Å². The van der Waals surface area contributed by atoms with E-state index >= 15 is 0 Å². The fourth-order valence-electron chi connectivity index (χ4n) is 2.70. The van der Waals surface area contributed by atoms with Crippen molar-refractivity contribution >= 4 is 0 Å². The normalized spacial score (nSPS) is 15.8. The fraction of sp³-hybridized carbons (Fsp3) is 0.118. The molecule has 0 spiro atoms. The van der Waals surface area contributed by atoms with Crippen LogP contribution in [-0.4, -0.2) is 17.3 Å². The first-order valence-corrected chi connectivity index (χ1v) is 6.80. The van der Waals surface area contributed by atoms with Crippen molar-refractivity contribution in [2.75, 3.05) is 7.11 Å². The van der Waals surface area contributed by atoms with Crippen LogP contribution in [0.25, 0.3) is 11.3 Å². The summed E-state index contributed by atoms with van der Waals surface area (Å²) in [6.07, 6.45) is 1.68. The minimum atomic E-state index is -0.153. The molecule has 21 heavy (non-hydrogen) atoms. The zero-order chi connectivity index (χ0) is 14.2. The summed E-state index contributed by atoms with van der Waals surface area (Å²) in [5.41, 5.74) is 4.21. The number of rotatable bonds is 2. The number of hydrogen-bond acceptors (Lipinski definition) is 3. The van der Waals surface area contributed by atoms with Gasteiger partial charge in [0.15, 0.2) is 6.10 Å². The lowest BCUT2D eigenvalue weighted by Gasteiger charge is -2.26. The Morgan fingerprint density at radius 2 is 1.90 bits per heavy atom. The van der Waals surface area contributed by atoms with Crippen molar-refractivity contribution < 1.29 is 9.47 Å². The van der Waals surface area contributed by atoms with Gasteiger partial charge in [-0.2, -0.15) is 5.10 Å². The van der Waals surface area contributed by atoms with Gasteiger partial charge in [-0.3, -0.25) is 5.10 Å². The number of hydrogen-bond donors (Lipinski definition) is 1. The summed E-state index contributed by atoms with van der Waals surface area (Å²) >= 11 is 0. The number of aromatic nitrogens is 2. The number of H-pyrrole nitrogens is 1. The topological polar surface area (TPSA) is 47.1 Å². The molecule has 0 amide bonds. The standard InChI is InChI=1S/C17H14N2O2/c1-20-12-8-6-11(7-9-12)17-14-10-18-19-16(14)13-4-2-3-5-15(13)21-17/h2-10,17H,1H3,(H,18,19). The lowest BCUT2D eigenvalue weighted by molar-refractivity contribution is 0.243. The minimum Gasteiger partial charge on any atom is -0.497 e. The van der Waals surface area contributed by atoms with Crippen molar-refractivity contribution in [1.82, 2.24) is 10.2 Å². The molecule has 104 valence electrons. The molecule has 0 saturated carbocycles. The quantitative estimate of drug-likeness (QED) is 0.779. The van der Waals surface area contributed by atoms with Gasteiger partial charge in [-0.05, 0) is 29.8 Å². The molecule has 1 aromatic heterocycles. The summed E-state index contributed by atoms with van der Waals surface area (Å²) in [6.45, 7) is 0. The molecule has 2 heterocycles. The second kappa shape index (κ2) is 4.66. The predicted octanol–water partition coefficient (Wildman–Crippen LogP) is 3.57. The van der Waals surface area contributed by atoms with Crippen LogP contribution in [0.5, 0.6) is 11.5 Å². The first-order chi connectivity index (χ1) is 10.4. The van der Waals surface area contributed by atoms with Crippen LogP contribution >= 0.6 is 0 Å². The van der Waals surface area contributed by atoms with Gasteiger partial charge in [-0.15, -0.1) is 0 Å². The lowest BCUT2D eigenvalue weighted by Crippen LogP contribution is -2.14. The van der Waals surface area contributed by atoms with Crippen molar-refractivity contribution in [3.8, 4) is 22.8 Å². The van der Waals surface area contributed by atoms with Crippen LogP contribution in [-0.2, 0) is 0 Å². The van der Waals surface area contributed by atoms with E-state index in [0.717, 1.165) is 33.9 Å². The molecular weight excluding hydrogens is 264 g/mol. The highest BCUT2D eigenvalue weighted by atomic mass is 16.5. The Morgan fingerprint density at radius 3 is 2.71 bits per heavy atom. The third-order valence-electron chi connectivity index (χ3n) is 3.77. The Hall–Kier alpha value is -2.75. The van der Waals surface area contributed by atoms with Crippen LogP contribution < -0.4 is 9.47 Å². The van der Waals surface area contributed by atoms with Crippen LogP contribution in [0.1, 0.15) is 17.2 Å². The van der Waals surface area contributed by atoms with Crippen LogP contribution in [0, 0.1) is 0 Å². The highest BCUT2D eigenvalue weighted by Gasteiger charge is 2.28. The third kappa shape index (κ3) is 1.88. The molecular formula is C17H14N2O2. The summed E-state index contributed by atoms with van der Waals surface area (Å²) < 4.78 is 11.4. The minimum absolute atomic E-state index is 0.153. The van der Waals surface area contributed by atoms with E-state index in [-0.39, 0.29) is 6.10 Å². The monoisotopic (exact) mass is 278 g/mol. The summed E-state index contributed by atoms with van der Waals surface area (Å²) in [4.78, 5) is 0. The number of methoxy groups -OCH3 is 1. The molecule has 0 aliphatic carbocycles. The molecule has 0 saturated heterocycles. The van der Waals surface area contributed by atoms with Gasteiger partial charge in [0.1, 0.15) is 11.5 Å². The van der Waals surface area contributed by atoms with Gasteiger partial charge in [0.25, 0.3) is 0 Å². The predicted molar refractivity (Wildman–Crippen MR) is 79.5 cm³/mol. The van der Waals surface area contributed by atoms with Crippen LogP contribution in [0.3, 0.4) is 0 Å². The zero-order valence-electron chi connectivity index (χ0n) is 11.5. The number of aromatic amines is 1. The molecule has 0 bridgehead atoms. The van der Waals surface area contributed by atoms with Crippen LogP contribution in [0.15, 0.2) is 54.7 Å². The van der Waals surface area contributed by atoms with Crippen molar-refractivity contribution in [3.63, 3.8) is 0 Å². The van der Waals surface area contributed by atoms with Crippen molar-refractivity contribution in [3.05, 3.63) is 65.9 Å². The number of nitrogens with one attached hydrogen (secondary N) is 1. The highest BCUT2D eigenvalue weighted by molar-refractivity contribution is 5.73. The Labute approximate surface area is 122 Å². The van der Waals surface area contributed by atoms with Crippen LogP contribution in [0.4, 0.5) is 0 Å². The molecule has 1 N–H and O–H groups in total. The van der Waals surface area contributed by atoms with Crippen LogP contribution in [0.2, 0.25) is 0 Å². The Bertz CT molecular complexity index is 777. The molecule has 0 radical (unpaired) electrons. The summed E-state index contributed by atoms with van der Waals surface area (Å²) in [6, 6.07) is 15.9. The van der Waals surface area contributed by atoms with E-state index in [1.54, 1.807) is 7.11 Å². The molecule has 0 fully saturated rings. The van der Waals surface area contributed by atoms with E-state index in [0.29, 0.717) is 0 Å². The van der Waals surface area contributed by atoms with Crippen molar-refractivity contribution in [2.45, 2.75) is 6.10 Å². The molecule has 4 nitrogen and oxygen atoms in total. The maximum atomic E-state index is 6.18. The van der Waals surface area contributed by atoms with E-state index in [1.165, 1.54) is 0 Å². The smallest absolute Gasteiger partial charge is 0.153 e. The summed E-state index contributed by atoms with van der Waals surface area (Å²) in [7, 11) is 1.66. The fourth-order valence-corrected chi connectivity index (χ4v) is 2.70. The van der Waals surface area contributed by atoms with Crippen molar-refractivity contribution in [1.29, 1.82) is 0 Å². The molecule has 1 unspecified atom stereocenters. The van der Waals surface area contributed by atoms with E-state index in [9.17, 15) is 0 Å². The van der Waals surface area contributed by atoms with Gasteiger partial charge >= 0.3 is 0 Å². The summed E-state index contributed by atoms with van der Waals surface area (Å²) in [5.74, 6) is 1.71. The van der Waals surface area contributed by atoms with E-state index in [4.69, 9.17) is 9.47 Å². The maximum absolute atomic E-state index is 6.18. The SMILES string of the molecule is COc1ccc(C2Oc3ccccc3-c3[nH]ncc32)cc1. The second-order valence-corrected chi connectivity index (χ2v) is 4.97. The van der Waals surface area contributed by atoms with Crippen molar-refractivity contribution in [2.24, 2.45) is 0 Å². The Morgan fingerprint density at radius 1 is 1.10 bits per heavy atom. The second-order valence-electron chi connectivity index (χ2n) is 4.97. The highest BCUT2D eigenvalue weighted by Crippen LogP contribution is 2.43. The van der Waals surface area contributed by atoms with Gasteiger partial charge in [0, 0.05) is 11.1 Å². The Balaban J connectivity index is 1.81. The maximum Gasteiger partial charge on any atom is 0.153 e. The van der Waals surface area contributed by atoms with Gasteiger partial charge in [0.2, 0.25) is 0 Å². The third-order valence-corrected chi connectivity index (χ3v) is 3.77. The molecule has 1 aliphatic heterocycles. The Kier molecular flexibility index (Phi) is 2.67. The van der Waals surface area contributed by atoms with Gasteiger partial charge in [-0.1, -0.05) is 24.3 Å². The molecule has 2 aromatic carbocycles. The molecule has 4 heteroatoms. The number of fused-ring (bicyclic) bond motifs is 3. The number of benzene rings is 2. The first kappa shape index (κ1) is 12.0. The average Bonchev–Trinajstić information content (AvgIpc) is 3.04. The van der Waals surface area contributed by atoms with Gasteiger partial charge in [-0.25, -0.2) is 0 Å². The molecule has 1 atom stereocenters. The van der Waals surface area contributed by atoms with Gasteiger partial charge < -0.3 is 9.47 Å². The largest absolute Gasteiger partial charge is 0.497 e. The lowest BCUT2D eigenvalue weighted by atomic mass is 9.95. The number of ether oxygens (including phenoxy) is 2.